The molecule has 0 saturated heterocycles. The van der Waals surface area contributed by atoms with Gasteiger partial charge in [-0.1, -0.05) is 79.0 Å². The molecule has 0 fully saturated rings. The lowest BCUT2D eigenvalue weighted by Crippen LogP contribution is -2.44. The number of nitrogens with one attached hydrogen (secondary N) is 2. The molecule has 0 aromatic heterocycles. The van der Waals surface area contributed by atoms with E-state index in [1.54, 1.807) is 62.4 Å². The summed E-state index contributed by atoms with van der Waals surface area (Å²) < 4.78 is 4.94. The monoisotopic (exact) mass is 572 g/mol. The van der Waals surface area contributed by atoms with Gasteiger partial charge in [-0.15, -0.1) is 0 Å². The minimum absolute atomic E-state index is 0.0264. The smallest absolute Gasteiger partial charge is 0.329 e. The Kier molecular flexibility index (Phi) is 12.9. The van der Waals surface area contributed by atoms with Gasteiger partial charge in [-0.25, -0.2) is 4.79 Å². The largest absolute Gasteiger partial charge is 0.464 e. The van der Waals surface area contributed by atoms with Crippen LogP contribution in [0.3, 0.4) is 0 Å². The molecule has 11 heteroatoms. The van der Waals surface area contributed by atoms with Crippen molar-refractivity contribution >= 4 is 57.3 Å². The first-order valence-corrected chi connectivity index (χ1v) is 14.2. The number of ether oxygens (including phenoxy) is 1. The SMILES string of the molecule is CCOC(=O)C(CSC(=O)C(CSC(=O)C(C)c1cccc(C(=O)c2ccccc2)c1)NC(C)=O)NC(C)=O. The topological polar surface area (TPSA) is 136 Å². The Balaban J connectivity index is 2.05. The molecular formula is C28H32N2O7S2. The summed E-state index contributed by atoms with van der Waals surface area (Å²) in [5.74, 6) is -2.43. The van der Waals surface area contributed by atoms with Crippen LogP contribution >= 0.6 is 23.5 Å². The molecule has 0 aliphatic carbocycles. The second-order valence-electron chi connectivity index (χ2n) is 8.56. The van der Waals surface area contributed by atoms with Gasteiger partial charge in [0.15, 0.2) is 10.9 Å². The average molecular weight is 573 g/mol. The van der Waals surface area contributed by atoms with Crippen LogP contribution in [0.25, 0.3) is 0 Å². The summed E-state index contributed by atoms with van der Waals surface area (Å²) in [5, 5.41) is 4.29. The molecule has 0 bridgehead atoms. The zero-order chi connectivity index (χ0) is 28.9. The summed E-state index contributed by atoms with van der Waals surface area (Å²) in [7, 11) is 0. The summed E-state index contributed by atoms with van der Waals surface area (Å²) in [5.41, 5.74) is 1.65. The quantitative estimate of drug-likeness (QED) is 0.274. The summed E-state index contributed by atoms with van der Waals surface area (Å²) >= 11 is 1.65. The predicted molar refractivity (Wildman–Crippen MR) is 152 cm³/mol. The normalized spacial score (nSPS) is 12.9. The van der Waals surface area contributed by atoms with Crippen molar-refractivity contribution in [2.75, 3.05) is 18.1 Å². The number of esters is 1. The summed E-state index contributed by atoms with van der Waals surface area (Å²) in [6.45, 7) is 5.95. The molecule has 0 aliphatic rings. The number of amides is 2. The molecule has 3 atom stereocenters. The number of ketones is 1. The summed E-state index contributed by atoms with van der Waals surface area (Å²) in [4.78, 5) is 74.0. The third kappa shape index (κ3) is 10.3. The van der Waals surface area contributed by atoms with E-state index >= 15 is 0 Å². The molecule has 0 saturated carbocycles. The fourth-order valence-corrected chi connectivity index (χ4v) is 5.42. The van der Waals surface area contributed by atoms with Gasteiger partial charge in [-0.05, 0) is 18.6 Å². The molecular weight excluding hydrogens is 540 g/mol. The molecule has 208 valence electrons. The minimum Gasteiger partial charge on any atom is -0.464 e. The number of benzene rings is 2. The van der Waals surface area contributed by atoms with Gasteiger partial charge in [0.05, 0.1) is 12.5 Å². The number of hydrogen-bond donors (Lipinski definition) is 2. The van der Waals surface area contributed by atoms with E-state index in [4.69, 9.17) is 4.74 Å². The Labute approximate surface area is 236 Å². The third-order valence-electron chi connectivity index (χ3n) is 5.43. The highest BCUT2D eigenvalue weighted by Crippen LogP contribution is 2.25. The van der Waals surface area contributed by atoms with Crippen molar-refractivity contribution in [2.45, 2.75) is 45.7 Å². The Morgan fingerprint density at radius 2 is 1.33 bits per heavy atom. The average Bonchev–Trinajstić information content (AvgIpc) is 2.92. The molecule has 2 N–H and O–H groups in total. The molecule has 2 amide bonds. The van der Waals surface area contributed by atoms with E-state index in [0.29, 0.717) is 16.7 Å². The van der Waals surface area contributed by atoms with Crippen LogP contribution in [0.15, 0.2) is 54.6 Å². The molecule has 0 heterocycles. The van der Waals surface area contributed by atoms with Crippen molar-refractivity contribution in [1.29, 1.82) is 0 Å². The van der Waals surface area contributed by atoms with Gasteiger partial charge in [0.25, 0.3) is 0 Å². The Hall–Kier alpha value is -3.44. The maximum atomic E-state index is 13.0. The molecule has 0 aliphatic heterocycles. The van der Waals surface area contributed by atoms with E-state index in [1.165, 1.54) is 13.8 Å². The zero-order valence-corrected chi connectivity index (χ0v) is 23.9. The van der Waals surface area contributed by atoms with Gasteiger partial charge in [0.1, 0.15) is 12.1 Å². The maximum absolute atomic E-state index is 13.0. The van der Waals surface area contributed by atoms with E-state index in [1.807, 2.05) is 6.07 Å². The van der Waals surface area contributed by atoms with Gasteiger partial charge in [-0.2, -0.15) is 0 Å². The highest BCUT2D eigenvalue weighted by Gasteiger charge is 2.27. The second-order valence-corrected chi connectivity index (χ2v) is 10.6. The van der Waals surface area contributed by atoms with Crippen LogP contribution in [0.4, 0.5) is 0 Å². The van der Waals surface area contributed by atoms with E-state index < -0.39 is 40.9 Å². The van der Waals surface area contributed by atoms with Crippen LogP contribution in [0, 0.1) is 0 Å². The van der Waals surface area contributed by atoms with Gasteiger partial charge in [0, 0.05) is 36.5 Å². The van der Waals surface area contributed by atoms with Crippen LogP contribution in [0.2, 0.25) is 0 Å². The minimum atomic E-state index is -1.03. The van der Waals surface area contributed by atoms with Crippen molar-refractivity contribution in [2.24, 2.45) is 0 Å². The molecule has 0 spiro atoms. The maximum Gasteiger partial charge on any atom is 0.329 e. The standard InChI is InChI=1S/C28H32N2O7S2/c1-5-37-26(34)23(29-18(3)31)15-39-28(36)24(30-19(4)32)16-38-27(35)17(2)21-12-9-13-22(14-21)25(33)20-10-7-6-8-11-20/h6-14,17,23-24H,5,15-16H2,1-4H3,(H,29,31)(H,30,32). The number of hydrogen-bond acceptors (Lipinski definition) is 9. The van der Waals surface area contributed by atoms with E-state index in [0.717, 1.165) is 23.5 Å². The fraction of sp³-hybridized carbons (Fsp3) is 0.357. The first-order valence-electron chi connectivity index (χ1n) is 12.3. The van der Waals surface area contributed by atoms with Gasteiger partial charge < -0.3 is 15.4 Å². The number of rotatable bonds is 13. The number of thioether (sulfide) groups is 2. The summed E-state index contributed by atoms with van der Waals surface area (Å²) in [6.07, 6.45) is 0. The Morgan fingerprint density at radius 1 is 0.769 bits per heavy atom. The van der Waals surface area contributed by atoms with E-state index in [-0.39, 0.29) is 29.0 Å². The van der Waals surface area contributed by atoms with Gasteiger partial charge in [-0.3, -0.25) is 24.0 Å². The molecule has 2 aromatic rings. The lowest BCUT2D eigenvalue weighted by atomic mass is 9.96. The van der Waals surface area contributed by atoms with E-state index in [9.17, 15) is 28.8 Å². The molecule has 3 unspecified atom stereocenters. The lowest BCUT2D eigenvalue weighted by molar-refractivity contribution is -0.146. The zero-order valence-electron chi connectivity index (χ0n) is 22.2. The van der Waals surface area contributed by atoms with Crippen LogP contribution in [-0.4, -0.2) is 64.0 Å². The number of carbonyl (C=O) groups is 6. The fourth-order valence-electron chi connectivity index (χ4n) is 3.47. The molecule has 2 rings (SSSR count). The predicted octanol–water partition coefficient (Wildman–Crippen LogP) is 3.11. The highest BCUT2D eigenvalue weighted by molar-refractivity contribution is 8.15. The van der Waals surface area contributed by atoms with Gasteiger partial charge >= 0.3 is 5.97 Å². The molecule has 0 radical (unpaired) electrons. The van der Waals surface area contributed by atoms with E-state index in [2.05, 4.69) is 10.6 Å². The van der Waals surface area contributed by atoms with Crippen molar-refractivity contribution < 1.29 is 33.5 Å². The lowest BCUT2D eigenvalue weighted by Gasteiger charge is -2.19. The van der Waals surface area contributed by atoms with Crippen molar-refractivity contribution in [3.05, 3.63) is 71.3 Å². The second kappa shape index (κ2) is 15.8. The van der Waals surface area contributed by atoms with Crippen molar-refractivity contribution in [3.63, 3.8) is 0 Å². The van der Waals surface area contributed by atoms with Crippen LogP contribution in [0.1, 0.15) is 55.1 Å². The van der Waals surface area contributed by atoms with Crippen LogP contribution < -0.4 is 10.6 Å². The van der Waals surface area contributed by atoms with Crippen molar-refractivity contribution in [3.8, 4) is 0 Å². The molecule has 9 nitrogen and oxygen atoms in total. The Bertz CT molecular complexity index is 1200. The van der Waals surface area contributed by atoms with Gasteiger partial charge in [0.2, 0.25) is 16.9 Å². The highest BCUT2D eigenvalue weighted by atomic mass is 32.2. The van der Waals surface area contributed by atoms with Crippen LogP contribution in [-0.2, 0) is 28.7 Å². The first-order chi connectivity index (χ1) is 18.5. The molecule has 2 aromatic carbocycles. The third-order valence-corrected chi connectivity index (χ3v) is 7.64. The number of carbonyl (C=O) groups excluding carboxylic acids is 6. The van der Waals surface area contributed by atoms with Crippen molar-refractivity contribution in [1.82, 2.24) is 10.6 Å². The van der Waals surface area contributed by atoms with Crippen LogP contribution in [0.5, 0.6) is 0 Å². The summed E-state index contributed by atoms with van der Waals surface area (Å²) in [6, 6.07) is 13.6. The Morgan fingerprint density at radius 3 is 1.95 bits per heavy atom. The molecule has 39 heavy (non-hydrogen) atoms. The first kappa shape index (κ1) is 31.8.